The summed E-state index contributed by atoms with van der Waals surface area (Å²) in [4.78, 5) is 16.7. The molecule has 4 heteroatoms. The number of hydrogen-bond acceptors (Lipinski definition) is 3. The zero-order valence-corrected chi connectivity index (χ0v) is 13.9. The van der Waals surface area contributed by atoms with E-state index in [2.05, 4.69) is 24.5 Å². The van der Waals surface area contributed by atoms with Crippen molar-refractivity contribution in [2.24, 2.45) is 0 Å². The van der Waals surface area contributed by atoms with Gasteiger partial charge in [0.15, 0.2) is 0 Å². The summed E-state index contributed by atoms with van der Waals surface area (Å²) >= 11 is 0. The van der Waals surface area contributed by atoms with Crippen LogP contribution >= 0.6 is 0 Å². The predicted molar refractivity (Wildman–Crippen MR) is 91.3 cm³/mol. The standard InChI is InChI=1S/C19H20N2O2/c1-5-17-20-15-10-6-8-12(2)18(15)21(17)16-11-7-9-14(13(16)3)19(22)23-4/h6-11H,5H2,1-4H3. The monoisotopic (exact) mass is 308 g/mol. The number of nitrogens with zero attached hydrogens (tertiary/aromatic N) is 2. The lowest BCUT2D eigenvalue weighted by Crippen LogP contribution is -2.09. The van der Waals surface area contributed by atoms with Crippen molar-refractivity contribution in [3.05, 3.63) is 58.9 Å². The van der Waals surface area contributed by atoms with Crippen molar-refractivity contribution in [3.63, 3.8) is 0 Å². The highest BCUT2D eigenvalue weighted by Crippen LogP contribution is 2.28. The number of aryl methyl sites for hydroxylation is 2. The molecule has 1 heterocycles. The molecule has 0 N–H and O–H groups in total. The first kappa shape index (κ1) is 15.3. The predicted octanol–water partition coefficient (Wildman–Crippen LogP) is 3.99. The molecule has 0 aliphatic carbocycles. The highest BCUT2D eigenvalue weighted by molar-refractivity contribution is 5.92. The molecule has 0 spiro atoms. The molecule has 1 aromatic heterocycles. The molecule has 0 amide bonds. The van der Waals surface area contributed by atoms with E-state index in [1.165, 1.54) is 7.11 Å². The summed E-state index contributed by atoms with van der Waals surface area (Å²) in [5, 5.41) is 0. The fourth-order valence-electron chi connectivity index (χ4n) is 3.04. The molecule has 23 heavy (non-hydrogen) atoms. The second kappa shape index (κ2) is 5.88. The fourth-order valence-corrected chi connectivity index (χ4v) is 3.04. The highest BCUT2D eigenvalue weighted by Gasteiger charge is 2.18. The molecule has 3 aromatic rings. The Labute approximate surface area is 135 Å². The van der Waals surface area contributed by atoms with Gasteiger partial charge in [-0.05, 0) is 43.2 Å². The smallest absolute Gasteiger partial charge is 0.338 e. The average molecular weight is 308 g/mol. The van der Waals surface area contributed by atoms with E-state index in [1.54, 1.807) is 6.07 Å². The number of esters is 1. The third-order valence-electron chi connectivity index (χ3n) is 4.22. The van der Waals surface area contributed by atoms with Gasteiger partial charge in [-0.2, -0.15) is 0 Å². The van der Waals surface area contributed by atoms with E-state index >= 15 is 0 Å². The summed E-state index contributed by atoms with van der Waals surface area (Å²) < 4.78 is 7.05. The largest absolute Gasteiger partial charge is 0.465 e. The molecule has 0 fully saturated rings. The zero-order chi connectivity index (χ0) is 16.6. The molecule has 0 atom stereocenters. The minimum absolute atomic E-state index is 0.316. The van der Waals surface area contributed by atoms with Gasteiger partial charge >= 0.3 is 5.97 Å². The first-order chi connectivity index (χ1) is 11.1. The van der Waals surface area contributed by atoms with Gasteiger partial charge in [0, 0.05) is 6.42 Å². The van der Waals surface area contributed by atoms with Crippen LogP contribution in [0.4, 0.5) is 0 Å². The van der Waals surface area contributed by atoms with Crippen LogP contribution in [0.25, 0.3) is 16.7 Å². The summed E-state index contributed by atoms with van der Waals surface area (Å²) in [6.45, 7) is 6.12. The van der Waals surface area contributed by atoms with Crippen molar-refractivity contribution >= 4 is 17.0 Å². The number of fused-ring (bicyclic) bond motifs is 1. The summed E-state index contributed by atoms with van der Waals surface area (Å²) in [7, 11) is 1.41. The maximum Gasteiger partial charge on any atom is 0.338 e. The molecular formula is C19H20N2O2. The molecule has 0 unspecified atom stereocenters. The second-order valence-corrected chi connectivity index (χ2v) is 5.60. The van der Waals surface area contributed by atoms with Crippen LogP contribution in [0.15, 0.2) is 36.4 Å². The molecule has 118 valence electrons. The Kier molecular flexibility index (Phi) is 3.90. The first-order valence-corrected chi connectivity index (χ1v) is 7.73. The van der Waals surface area contributed by atoms with Gasteiger partial charge in [-0.25, -0.2) is 9.78 Å². The van der Waals surface area contributed by atoms with Gasteiger partial charge in [0.25, 0.3) is 0 Å². The molecule has 0 saturated carbocycles. The number of hydrogen-bond donors (Lipinski definition) is 0. The first-order valence-electron chi connectivity index (χ1n) is 7.73. The van der Waals surface area contributed by atoms with Crippen LogP contribution in [-0.2, 0) is 11.2 Å². The molecule has 4 nitrogen and oxygen atoms in total. The van der Waals surface area contributed by atoms with Gasteiger partial charge in [0.1, 0.15) is 5.82 Å². The maximum absolute atomic E-state index is 12.0. The van der Waals surface area contributed by atoms with E-state index in [-0.39, 0.29) is 5.97 Å². The third kappa shape index (κ3) is 2.40. The highest BCUT2D eigenvalue weighted by atomic mass is 16.5. The fraction of sp³-hybridized carbons (Fsp3) is 0.263. The Morgan fingerprint density at radius 2 is 1.91 bits per heavy atom. The van der Waals surface area contributed by atoms with Crippen LogP contribution in [-0.4, -0.2) is 22.6 Å². The van der Waals surface area contributed by atoms with Crippen LogP contribution in [0.5, 0.6) is 0 Å². The van der Waals surface area contributed by atoms with Crippen LogP contribution < -0.4 is 0 Å². The Morgan fingerprint density at radius 1 is 1.17 bits per heavy atom. The van der Waals surface area contributed by atoms with Crippen molar-refractivity contribution in [2.75, 3.05) is 7.11 Å². The van der Waals surface area contributed by atoms with E-state index in [0.717, 1.165) is 40.1 Å². The molecule has 0 saturated heterocycles. The maximum atomic E-state index is 12.0. The van der Waals surface area contributed by atoms with E-state index in [0.29, 0.717) is 5.56 Å². The number of ether oxygens (including phenoxy) is 1. The van der Waals surface area contributed by atoms with Crippen molar-refractivity contribution in [1.29, 1.82) is 0 Å². The number of methoxy groups -OCH3 is 1. The van der Waals surface area contributed by atoms with E-state index in [9.17, 15) is 4.79 Å². The van der Waals surface area contributed by atoms with Crippen LogP contribution in [0.1, 0.15) is 34.2 Å². The molecular weight excluding hydrogens is 288 g/mol. The normalized spacial score (nSPS) is 11.0. The average Bonchev–Trinajstić information content (AvgIpc) is 2.94. The number of rotatable bonds is 3. The van der Waals surface area contributed by atoms with E-state index < -0.39 is 0 Å². The van der Waals surface area contributed by atoms with Crippen molar-refractivity contribution < 1.29 is 9.53 Å². The molecule has 2 aromatic carbocycles. The topological polar surface area (TPSA) is 44.1 Å². The lowest BCUT2D eigenvalue weighted by Gasteiger charge is -2.15. The molecule has 0 aliphatic rings. The van der Waals surface area contributed by atoms with Gasteiger partial charge in [-0.3, -0.25) is 4.57 Å². The lowest BCUT2D eigenvalue weighted by molar-refractivity contribution is 0.0600. The second-order valence-electron chi connectivity index (χ2n) is 5.60. The van der Waals surface area contributed by atoms with Crippen LogP contribution in [0.3, 0.4) is 0 Å². The van der Waals surface area contributed by atoms with Gasteiger partial charge in [0.2, 0.25) is 0 Å². The number of benzene rings is 2. The van der Waals surface area contributed by atoms with Crippen molar-refractivity contribution in [2.45, 2.75) is 27.2 Å². The van der Waals surface area contributed by atoms with Gasteiger partial charge in [-0.1, -0.05) is 25.1 Å². The Balaban J connectivity index is 2.35. The Morgan fingerprint density at radius 3 is 2.61 bits per heavy atom. The van der Waals surface area contributed by atoms with Gasteiger partial charge < -0.3 is 4.74 Å². The van der Waals surface area contributed by atoms with Gasteiger partial charge in [-0.15, -0.1) is 0 Å². The number of aromatic nitrogens is 2. The van der Waals surface area contributed by atoms with E-state index in [4.69, 9.17) is 9.72 Å². The van der Waals surface area contributed by atoms with Gasteiger partial charge in [0.05, 0.1) is 29.4 Å². The molecule has 3 rings (SSSR count). The van der Waals surface area contributed by atoms with Crippen LogP contribution in [0, 0.1) is 13.8 Å². The Hall–Kier alpha value is -2.62. The molecule has 0 radical (unpaired) electrons. The summed E-state index contributed by atoms with van der Waals surface area (Å²) in [6.07, 6.45) is 0.815. The lowest BCUT2D eigenvalue weighted by atomic mass is 10.1. The summed E-state index contributed by atoms with van der Waals surface area (Å²) in [5.74, 6) is 0.669. The quantitative estimate of drug-likeness (QED) is 0.687. The van der Waals surface area contributed by atoms with Crippen molar-refractivity contribution in [3.8, 4) is 5.69 Å². The summed E-state index contributed by atoms with van der Waals surface area (Å²) in [6, 6.07) is 11.8. The number of carbonyl (C=O) groups excluding carboxylic acids is 1. The minimum atomic E-state index is -0.316. The molecule has 0 aliphatic heterocycles. The zero-order valence-electron chi connectivity index (χ0n) is 13.9. The Bertz CT molecular complexity index is 894. The number of imidazole rings is 1. The van der Waals surface area contributed by atoms with Crippen molar-refractivity contribution in [1.82, 2.24) is 9.55 Å². The third-order valence-corrected chi connectivity index (χ3v) is 4.22. The number of para-hydroxylation sites is 1. The summed E-state index contributed by atoms with van der Waals surface area (Å²) in [5.41, 5.74) is 5.69. The van der Waals surface area contributed by atoms with Crippen LogP contribution in [0.2, 0.25) is 0 Å². The number of carbonyl (C=O) groups is 1. The minimum Gasteiger partial charge on any atom is -0.465 e. The molecule has 0 bridgehead atoms. The van der Waals surface area contributed by atoms with E-state index in [1.807, 2.05) is 31.2 Å². The SMILES string of the molecule is CCc1nc2cccc(C)c2n1-c1cccc(C(=O)OC)c1C.